The number of nitrogens with zero attached hydrogens (tertiary/aromatic N) is 1. The van der Waals surface area contributed by atoms with Gasteiger partial charge in [0.1, 0.15) is 0 Å². The fourth-order valence-corrected chi connectivity index (χ4v) is 3.80. The van der Waals surface area contributed by atoms with E-state index in [0.717, 1.165) is 24.1 Å². The van der Waals surface area contributed by atoms with Crippen LogP contribution in [0.4, 0.5) is 5.69 Å². The Morgan fingerprint density at radius 2 is 1.93 bits per heavy atom. The number of hydrogen-bond donors (Lipinski definition) is 1. The van der Waals surface area contributed by atoms with Crippen LogP contribution in [-0.4, -0.2) is 24.9 Å². The molecule has 1 N–H and O–H groups in total. The standard InChI is InChI=1S/C23H22N2O2/c26-22-15-20(23(27)24-13-5-8-17-6-2-1-3-7-17)16-25(22)21-12-11-18-9-4-10-19(18)14-21/h1-3,6-7,11-12,14,20H,4,9-10,13,15-16H2,(H,24,27)/t20-/m0/s1. The van der Waals surface area contributed by atoms with Gasteiger partial charge >= 0.3 is 0 Å². The molecule has 0 aromatic heterocycles. The van der Waals surface area contributed by atoms with Crippen molar-refractivity contribution in [2.75, 3.05) is 18.0 Å². The van der Waals surface area contributed by atoms with Crippen LogP contribution in [0.25, 0.3) is 0 Å². The molecule has 0 spiro atoms. The number of carbonyl (C=O) groups is 2. The van der Waals surface area contributed by atoms with Crippen molar-refractivity contribution in [3.63, 3.8) is 0 Å². The van der Waals surface area contributed by atoms with Crippen molar-refractivity contribution in [2.24, 2.45) is 5.92 Å². The fraction of sp³-hybridized carbons (Fsp3) is 0.304. The molecule has 0 unspecified atom stereocenters. The van der Waals surface area contributed by atoms with E-state index >= 15 is 0 Å². The van der Waals surface area contributed by atoms with Gasteiger partial charge in [-0.1, -0.05) is 36.1 Å². The molecule has 2 amide bonds. The van der Waals surface area contributed by atoms with Crippen LogP contribution in [0, 0.1) is 17.8 Å². The number of benzene rings is 2. The van der Waals surface area contributed by atoms with E-state index in [1.807, 2.05) is 36.4 Å². The zero-order valence-corrected chi connectivity index (χ0v) is 15.2. The van der Waals surface area contributed by atoms with Crippen molar-refractivity contribution in [1.82, 2.24) is 5.32 Å². The first-order valence-electron chi connectivity index (χ1n) is 9.44. The van der Waals surface area contributed by atoms with E-state index in [2.05, 4.69) is 29.3 Å². The molecular formula is C23H22N2O2. The lowest BCUT2D eigenvalue weighted by Crippen LogP contribution is -2.33. The van der Waals surface area contributed by atoms with Crippen molar-refractivity contribution < 1.29 is 9.59 Å². The summed E-state index contributed by atoms with van der Waals surface area (Å²) in [5.74, 6) is 5.57. The number of anilines is 1. The van der Waals surface area contributed by atoms with Gasteiger partial charge < -0.3 is 10.2 Å². The third kappa shape index (κ3) is 3.88. The molecule has 4 nitrogen and oxygen atoms in total. The second-order valence-electron chi connectivity index (χ2n) is 7.10. The molecule has 0 bridgehead atoms. The first kappa shape index (κ1) is 17.4. The molecule has 1 saturated heterocycles. The predicted molar refractivity (Wildman–Crippen MR) is 105 cm³/mol. The van der Waals surface area contributed by atoms with Crippen molar-refractivity contribution in [3.05, 3.63) is 65.2 Å². The molecule has 4 heteroatoms. The first-order valence-corrected chi connectivity index (χ1v) is 9.44. The summed E-state index contributed by atoms with van der Waals surface area (Å²) >= 11 is 0. The van der Waals surface area contributed by atoms with Crippen LogP contribution in [0.1, 0.15) is 29.5 Å². The summed E-state index contributed by atoms with van der Waals surface area (Å²) in [5, 5.41) is 2.84. The molecule has 136 valence electrons. The van der Waals surface area contributed by atoms with Crippen molar-refractivity contribution in [1.29, 1.82) is 0 Å². The van der Waals surface area contributed by atoms with Gasteiger partial charge in [0.25, 0.3) is 0 Å². The first-order chi connectivity index (χ1) is 13.2. The van der Waals surface area contributed by atoms with Gasteiger partial charge in [0.2, 0.25) is 11.8 Å². The highest BCUT2D eigenvalue weighted by Crippen LogP contribution is 2.30. The number of amides is 2. The Bertz CT molecular complexity index is 924. The lowest BCUT2D eigenvalue weighted by atomic mass is 10.1. The van der Waals surface area contributed by atoms with Crippen LogP contribution >= 0.6 is 0 Å². The SMILES string of the molecule is O=C(NCC#Cc1ccccc1)[C@H]1CC(=O)N(c2ccc3c(c2)CCC3)C1. The molecule has 1 aliphatic heterocycles. The molecule has 2 aliphatic rings. The van der Waals surface area contributed by atoms with Crippen LogP contribution in [0.2, 0.25) is 0 Å². The smallest absolute Gasteiger partial charge is 0.227 e. The second-order valence-corrected chi connectivity index (χ2v) is 7.10. The van der Waals surface area contributed by atoms with E-state index in [-0.39, 0.29) is 30.7 Å². The van der Waals surface area contributed by atoms with E-state index in [4.69, 9.17) is 0 Å². The molecule has 1 heterocycles. The van der Waals surface area contributed by atoms with Gasteiger partial charge in [-0.25, -0.2) is 0 Å². The van der Waals surface area contributed by atoms with Crippen LogP contribution in [0.5, 0.6) is 0 Å². The average Bonchev–Trinajstić information content (AvgIpc) is 3.31. The maximum absolute atomic E-state index is 12.4. The maximum atomic E-state index is 12.4. The minimum absolute atomic E-state index is 0.0171. The quantitative estimate of drug-likeness (QED) is 0.858. The zero-order valence-electron chi connectivity index (χ0n) is 15.2. The van der Waals surface area contributed by atoms with Crippen LogP contribution in [0.15, 0.2) is 48.5 Å². The van der Waals surface area contributed by atoms with Crippen molar-refractivity contribution in [3.8, 4) is 11.8 Å². The Kier molecular flexibility index (Phi) is 4.93. The fourth-order valence-electron chi connectivity index (χ4n) is 3.80. The summed E-state index contributed by atoms with van der Waals surface area (Å²) in [6.45, 7) is 0.729. The van der Waals surface area contributed by atoms with E-state index in [0.29, 0.717) is 6.54 Å². The lowest BCUT2D eigenvalue weighted by molar-refractivity contribution is -0.126. The third-order valence-corrected chi connectivity index (χ3v) is 5.25. The Hall–Kier alpha value is -3.06. The number of hydrogen-bond acceptors (Lipinski definition) is 2. The Morgan fingerprint density at radius 3 is 2.78 bits per heavy atom. The molecule has 1 aliphatic carbocycles. The number of aryl methyl sites for hydroxylation is 2. The normalized spacial score (nSPS) is 18.0. The summed E-state index contributed by atoms with van der Waals surface area (Å²) in [6.07, 6.45) is 3.64. The Balaban J connectivity index is 1.35. The molecule has 2 aromatic carbocycles. The zero-order chi connectivity index (χ0) is 18.6. The second kappa shape index (κ2) is 7.67. The van der Waals surface area contributed by atoms with Crippen LogP contribution in [-0.2, 0) is 22.4 Å². The average molecular weight is 358 g/mol. The summed E-state index contributed by atoms with van der Waals surface area (Å²) in [7, 11) is 0. The van der Waals surface area contributed by atoms with E-state index < -0.39 is 0 Å². The van der Waals surface area contributed by atoms with E-state index in [1.165, 1.54) is 17.5 Å². The molecule has 4 rings (SSSR count). The number of carbonyl (C=O) groups excluding carboxylic acids is 2. The van der Waals surface area contributed by atoms with Gasteiger partial charge in [-0.2, -0.15) is 0 Å². The molecule has 0 saturated carbocycles. The Labute approximate surface area is 159 Å². The van der Waals surface area contributed by atoms with Crippen molar-refractivity contribution >= 4 is 17.5 Å². The highest BCUT2D eigenvalue weighted by Gasteiger charge is 2.35. The molecule has 27 heavy (non-hydrogen) atoms. The van der Waals surface area contributed by atoms with Gasteiger partial charge in [0.15, 0.2) is 0 Å². The number of rotatable bonds is 3. The lowest BCUT2D eigenvalue weighted by Gasteiger charge is -2.17. The van der Waals surface area contributed by atoms with Crippen LogP contribution in [0.3, 0.4) is 0 Å². The third-order valence-electron chi connectivity index (χ3n) is 5.25. The maximum Gasteiger partial charge on any atom is 0.227 e. The molecule has 1 fully saturated rings. The summed E-state index contributed by atoms with van der Waals surface area (Å²) < 4.78 is 0. The van der Waals surface area contributed by atoms with E-state index in [9.17, 15) is 9.59 Å². The topological polar surface area (TPSA) is 49.4 Å². The monoisotopic (exact) mass is 358 g/mol. The van der Waals surface area contributed by atoms with Gasteiger partial charge in [0, 0.05) is 24.2 Å². The van der Waals surface area contributed by atoms with E-state index in [1.54, 1.807) is 4.90 Å². The van der Waals surface area contributed by atoms with Crippen molar-refractivity contribution in [2.45, 2.75) is 25.7 Å². The summed E-state index contributed by atoms with van der Waals surface area (Å²) in [6, 6.07) is 15.9. The summed E-state index contributed by atoms with van der Waals surface area (Å²) in [4.78, 5) is 26.6. The molecular weight excluding hydrogens is 336 g/mol. The number of fused-ring (bicyclic) bond motifs is 1. The molecule has 0 radical (unpaired) electrons. The largest absolute Gasteiger partial charge is 0.345 e. The molecule has 1 atom stereocenters. The Morgan fingerprint density at radius 1 is 1.11 bits per heavy atom. The van der Waals surface area contributed by atoms with Gasteiger partial charge in [-0.05, 0) is 54.7 Å². The minimum atomic E-state index is -0.315. The molecule has 2 aromatic rings. The minimum Gasteiger partial charge on any atom is -0.345 e. The highest BCUT2D eigenvalue weighted by molar-refractivity contribution is 6.00. The van der Waals surface area contributed by atoms with Gasteiger partial charge in [0.05, 0.1) is 12.5 Å². The number of nitrogens with one attached hydrogen (secondary N) is 1. The van der Waals surface area contributed by atoms with Crippen LogP contribution < -0.4 is 10.2 Å². The predicted octanol–water partition coefficient (Wildman–Crippen LogP) is 2.70. The van der Waals surface area contributed by atoms with Gasteiger partial charge in [-0.15, -0.1) is 0 Å². The van der Waals surface area contributed by atoms with Gasteiger partial charge in [-0.3, -0.25) is 9.59 Å². The summed E-state index contributed by atoms with van der Waals surface area (Å²) in [5.41, 5.74) is 4.56. The highest BCUT2D eigenvalue weighted by atomic mass is 16.2.